The van der Waals surface area contributed by atoms with Crippen molar-refractivity contribution >= 4 is 26.5 Å². The Kier molecular flexibility index (Phi) is 3.64. The molecule has 1 aliphatic heterocycles. The molecule has 0 spiro atoms. The van der Waals surface area contributed by atoms with Gasteiger partial charge in [0.2, 0.25) is 15.2 Å². The van der Waals surface area contributed by atoms with E-state index in [9.17, 15) is 8.42 Å². The van der Waals surface area contributed by atoms with Gasteiger partial charge in [0.15, 0.2) is 0 Å². The molecule has 8 heteroatoms. The Hall–Kier alpha value is -0.730. The predicted molar refractivity (Wildman–Crippen MR) is 67.9 cm³/mol. The van der Waals surface area contributed by atoms with Crippen molar-refractivity contribution in [1.29, 1.82) is 0 Å². The Balaban J connectivity index is 2.06. The van der Waals surface area contributed by atoms with E-state index >= 15 is 0 Å². The van der Waals surface area contributed by atoms with E-state index in [0.29, 0.717) is 19.6 Å². The Morgan fingerprint density at radius 3 is 2.53 bits per heavy atom. The summed E-state index contributed by atoms with van der Waals surface area (Å²) >= 11 is 1.55. The van der Waals surface area contributed by atoms with Gasteiger partial charge in [-0.15, -0.1) is 10.2 Å². The Labute approximate surface area is 105 Å². The van der Waals surface area contributed by atoms with Gasteiger partial charge in [-0.3, -0.25) is 0 Å². The zero-order valence-corrected chi connectivity index (χ0v) is 11.6. The van der Waals surface area contributed by atoms with Gasteiger partial charge in [0.05, 0.1) is 6.26 Å². The summed E-state index contributed by atoms with van der Waals surface area (Å²) in [7, 11) is -3.08. The molecule has 0 atom stereocenters. The van der Waals surface area contributed by atoms with Gasteiger partial charge in [-0.1, -0.05) is 11.3 Å². The van der Waals surface area contributed by atoms with Crippen molar-refractivity contribution < 1.29 is 8.42 Å². The van der Waals surface area contributed by atoms with Gasteiger partial charge < -0.3 is 4.90 Å². The number of aromatic nitrogens is 2. The summed E-state index contributed by atoms with van der Waals surface area (Å²) in [4.78, 5) is 2.11. The van der Waals surface area contributed by atoms with Gasteiger partial charge >= 0.3 is 0 Å². The van der Waals surface area contributed by atoms with Crippen LogP contribution in [0, 0.1) is 6.92 Å². The van der Waals surface area contributed by atoms with E-state index in [-0.39, 0.29) is 0 Å². The van der Waals surface area contributed by atoms with E-state index in [1.807, 2.05) is 6.92 Å². The minimum absolute atomic E-state index is 0.525. The van der Waals surface area contributed by atoms with Crippen molar-refractivity contribution in [2.45, 2.75) is 13.3 Å². The molecule has 6 nitrogen and oxygen atoms in total. The van der Waals surface area contributed by atoms with E-state index < -0.39 is 10.0 Å². The minimum Gasteiger partial charge on any atom is -0.345 e. The van der Waals surface area contributed by atoms with Crippen LogP contribution in [0.3, 0.4) is 0 Å². The second-order valence-corrected chi connectivity index (χ2v) is 7.25. The smallest absolute Gasteiger partial charge is 0.211 e. The molecular weight excluding hydrogens is 260 g/mol. The van der Waals surface area contributed by atoms with E-state index in [0.717, 1.165) is 23.1 Å². The molecule has 96 valence electrons. The van der Waals surface area contributed by atoms with Gasteiger partial charge in [-0.2, -0.15) is 0 Å². The maximum Gasteiger partial charge on any atom is 0.211 e. The highest BCUT2D eigenvalue weighted by Crippen LogP contribution is 2.21. The van der Waals surface area contributed by atoms with Crippen LogP contribution in [0.5, 0.6) is 0 Å². The average molecular weight is 276 g/mol. The zero-order valence-electron chi connectivity index (χ0n) is 9.96. The summed E-state index contributed by atoms with van der Waals surface area (Å²) in [5.41, 5.74) is 0. The fourth-order valence-corrected chi connectivity index (χ4v) is 3.44. The van der Waals surface area contributed by atoms with Gasteiger partial charge in [-0.05, 0) is 13.3 Å². The monoisotopic (exact) mass is 276 g/mol. The van der Waals surface area contributed by atoms with Crippen LogP contribution < -0.4 is 4.90 Å². The molecule has 2 heterocycles. The van der Waals surface area contributed by atoms with Crippen LogP contribution in [0.2, 0.25) is 0 Å². The van der Waals surface area contributed by atoms with Gasteiger partial charge in [0.25, 0.3) is 0 Å². The Bertz CT molecular complexity index is 485. The molecule has 0 aromatic carbocycles. The standard InChI is InChI=1S/C9H16N4O2S2/c1-8-10-11-9(16-8)12-4-3-5-13(7-6-12)17(2,14)15/h3-7H2,1-2H3. The molecule has 2 rings (SSSR count). The summed E-state index contributed by atoms with van der Waals surface area (Å²) in [5, 5.41) is 9.90. The molecular formula is C9H16N4O2S2. The zero-order chi connectivity index (χ0) is 12.5. The Morgan fingerprint density at radius 1 is 1.18 bits per heavy atom. The average Bonchev–Trinajstić information content (AvgIpc) is 2.53. The van der Waals surface area contributed by atoms with Gasteiger partial charge in [0, 0.05) is 26.2 Å². The third-order valence-electron chi connectivity index (χ3n) is 2.71. The Morgan fingerprint density at radius 2 is 1.94 bits per heavy atom. The number of hydrogen-bond donors (Lipinski definition) is 0. The molecule has 0 radical (unpaired) electrons. The molecule has 1 saturated heterocycles. The van der Waals surface area contributed by atoms with Crippen LogP contribution in [0.1, 0.15) is 11.4 Å². The second kappa shape index (κ2) is 4.87. The molecule has 0 unspecified atom stereocenters. The number of nitrogens with zero attached hydrogens (tertiary/aromatic N) is 4. The number of hydrogen-bond acceptors (Lipinski definition) is 6. The minimum atomic E-state index is -3.08. The summed E-state index contributed by atoms with van der Waals surface area (Å²) in [6.07, 6.45) is 2.09. The maximum absolute atomic E-state index is 11.5. The highest BCUT2D eigenvalue weighted by Gasteiger charge is 2.22. The normalized spacial score (nSPS) is 19.3. The summed E-state index contributed by atoms with van der Waals surface area (Å²) in [6, 6.07) is 0. The lowest BCUT2D eigenvalue weighted by Gasteiger charge is -2.19. The van der Waals surface area contributed by atoms with Gasteiger partial charge in [0.1, 0.15) is 5.01 Å². The molecule has 0 bridgehead atoms. The maximum atomic E-state index is 11.5. The lowest BCUT2D eigenvalue weighted by molar-refractivity contribution is 0.437. The molecule has 17 heavy (non-hydrogen) atoms. The summed E-state index contributed by atoms with van der Waals surface area (Å²) in [6.45, 7) is 4.55. The first-order valence-corrected chi connectivity index (χ1v) is 8.13. The first-order chi connectivity index (χ1) is 7.97. The van der Waals surface area contributed by atoms with Crippen molar-refractivity contribution in [2.24, 2.45) is 0 Å². The third kappa shape index (κ3) is 3.14. The van der Waals surface area contributed by atoms with Crippen LogP contribution in [-0.2, 0) is 10.0 Å². The van der Waals surface area contributed by atoms with E-state index in [4.69, 9.17) is 0 Å². The molecule has 0 amide bonds. The van der Waals surface area contributed by atoms with Crippen LogP contribution in [0.25, 0.3) is 0 Å². The summed E-state index contributed by atoms with van der Waals surface area (Å²) in [5.74, 6) is 0. The van der Waals surface area contributed by atoms with Crippen LogP contribution in [-0.4, -0.2) is 55.4 Å². The topological polar surface area (TPSA) is 66.4 Å². The number of sulfonamides is 1. The fraction of sp³-hybridized carbons (Fsp3) is 0.778. The SMILES string of the molecule is Cc1nnc(N2CCCN(S(C)(=O)=O)CC2)s1. The van der Waals surface area contributed by atoms with E-state index in [1.54, 1.807) is 11.3 Å². The van der Waals surface area contributed by atoms with Crippen molar-refractivity contribution in [3.63, 3.8) is 0 Å². The number of rotatable bonds is 2. The third-order valence-corrected chi connectivity index (χ3v) is 4.91. The molecule has 1 fully saturated rings. The molecule has 1 aromatic heterocycles. The van der Waals surface area contributed by atoms with Gasteiger partial charge in [-0.25, -0.2) is 12.7 Å². The quantitative estimate of drug-likeness (QED) is 0.778. The molecule has 0 saturated carbocycles. The lowest BCUT2D eigenvalue weighted by atomic mass is 10.4. The van der Waals surface area contributed by atoms with Crippen LogP contribution in [0.15, 0.2) is 0 Å². The molecule has 0 aliphatic carbocycles. The largest absolute Gasteiger partial charge is 0.345 e. The summed E-state index contributed by atoms with van der Waals surface area (Å²) < 4.78 is 24.5. The van der Waals surface area contributed by atoms with E-state index in [2.05, 4.69) is 15.1 Å². The van der Waals surface area contributed by atoms with Crippen molar-refractivity contribution in [1.82, 2.24) is 14.5 Å². The molecule has 1 aromatic rings. The highest BCUT2D eigenvalue weighted by atomic mass is 32.2. The first-order valence-electron chi connectivity index (χ1n) is 5.47. The molecule has 0 N–H and O–H groups in total. The van der Waals surface area contributed by atoms with Crippen LogP contribution in [0.4, 0.5) is 5.13 Å². The lowest BCUT2D eigenvalue weighted by Crippen LogP contribution is -2.34. The van der Waals surface area contributed by atoms with Crippen molar-refractivity contribution in [3.8, 4) is 0 Å². The first kappa shape index (κ1) is 12.7. The van der Waals surface area contributed by atoms with Crippen LogP contribution >= 0.6 is 11.3 Å². The van der Waals surface area contributed by atoms with E-state index in [1.165, 1.54) is 10.6 Å². The number of anilines is 1. The van der Waals surface area contributed by atoms with Crippen molar-refractivity contribution in [2.75, 3.05) is 37.3 Å². The highest BCUT2D eigenvalue weighted by molar-refractivity contribution is 7.88. The number of aryl methyl sites for hydroxylation is 1. The fourth-order valence-electron chi connectivity index (χ4n) is 1.83. The molecule has 1 aliphatic rings. The predicted octanol–water partition coefficient (Wildman–Crippen LogP) is 0.318. The second-order valence-electron chi connectivity index (χ2n) is 4.11. The van der Waals surface area contributed by atoms with Crippen molar-refractivity contribution in [3.05, 3.63) is 5.01 Å².